The van der Waals surface area contributed by atoms with E-state index in [1.54, 1.807) is 38.5 Å². The molecule has 3 aromatic rings. The summed E-state index contributed by atoms with van der Waals surface area (Å²) < 4.78 is 42.4. The minimum Gasteiger partial charge on any atom is -0.497 e. The predicted molar refractivity (Wildman–Crippen MR) is 124 cm³/mol. The Morgan fingerprint density at radius 3 is 1.97 bits per heavy atom. The average molecular weight is 475 g/mol. The number of benzene rings is 2. The van der Waals surface area contributed by atoms with Crippen molar-refractivity contribution in [3.63, 3.8) is 0 Å². The van der Waals surface area contributed by atoms with Gasteiger partial charge in [-0.15, -0.1) is 0 Å². The van der Waals surface area contributed by atoms with Crippen molar-refractivity contribution in [2.45, 2.75) is 11.6 Å². The Morgan fingerprint density at radius 1 is 0.844 bits per heavy atom. The van der Waals surface area contributed by atoms with E-state index >= 15 is 0 Å². The summed E-state index contributed by atoms with van der Waals surface area (Å²) in [6, 6.07) is 14.2. The fourth-order valence-electron chi connectivity index (χ4n) is 3.68. The summed E-state index contributed by atoms with van der Waals surface area (Å²) in [5.74, 6) is 1.43. The number of hydrogen-bond acceptors (Lipinski definition) is 6. The zero-order valence-electron chi connectivity index (χ0n) is 18.0. The van der Waals surface area contributed by atoms with Crippen LogP contribution in [0, 0.1) is 4.77 Å². The highest BCUT2D eigenvalue weighted by Crippen LogP contribution is 2.21. The van der Waals surface area contributed by atoms with E-state index in [2.05, 4.69) is 4.90 Å². The molecule has 8 nitrogen and oxygen atoms in total. The van der Waals surface area contributed by atoms with E-state index in [0.717, 1.165) is 11.4 Å². The van der Waals surface area contributed by atoms with Gasteiger partial charge in [-0.3, -0.25) is 9.47 Å². The Morgan fingerprint density at radius 2 is 1.41 bits per heavy atom. The van der Waals surface area contributed by atoms with Gasteiger partial charge in [0, 0.05) is 44.3 Å². The number of aromatic nitrogens is 2. The molecule has 1 aromatic heterocycles. The number of imidazole rings is 1. The topological polar surface area (TPSA) is 68.9 Å². The van der Waals surface area contributed by atoms with Gasteiger partial charge in [-0.25, -0.2) is 8.42 Å². The molecule has 0 atom stereocenters. The first kappa shape index (κ1) is 22.5. The van der Waals surface area contributed by atoms with E-state index < -0.39 is 10.0 Å². The van der Waals surface area contributed by atoms with Gasteiger partial charge in [0.05, 0.1) is 25.8 Å². The van der Waals surface area contributed by atoms with Gasteiger partial charge < -0.3 is 14.0 Å². The van der Waals surface area contributed by atoms with Crippen molar-refractivity contribution in [3.8, 4) is 17.2 Å². The average Bonchev–Trinajstić information content (AvgIpc) is 3.19. The molecular weight excluding hydrogens is 448 g/mol. The molecule has 170 valence electrons. The van der Waals surface area contributed by atoms with Crippen molar-refractivity contribution in [1.29, 1.82) is 0 Å². The highest BCUT2D eigenvalue weighted by atomic mass is 32.2. The molecule has 2 aromatic carbocycles. The molecule has 1 aliphatic heterocycles. The lowest BCUT2D eigenvalue weighted by molar-refractivity contribution is 0.151. The van der Waals surface area contributed by atoms with Crippen LogP contribution >= 0.6 is 12.2 Å². The Bertz CT molecular complexity index is 1210. The third kappa shape index (κ3) is 4.58. The van der Waals surface area contributed by atoms with E-state index in [-0.39, 0.29) is 4.90 Å². The molecule has 0 bridgehead atoms. The Kier molecular flexibility index (Phi) is 6.66. The molecule has 4 rings (SSSR count). The number of rotatable bonds is 7. The molecule has 0 spiro atoms. The molecule has 1 aliphatic rings. The first-order chi connectivity index (χ1) is 15.4. The number of sulfonamides is 1. The van der Waals surface area contributed by atoms with Crippen LogP contribution in [0.3, 0.4) is 0 Å². The van der Waals surface area contributed by atoms with Crippen LogP contribution in [0.5, 0.6) is 11.5 Å². The monoisotopic (exact) mass is 474 g/mol. The molecule has 1 fully saturated rings. The van der Waals surface area contributed by atoms with Crippen LogP contribution in [0.4, 0.5) is 0 Å². The minimum atomic E-state index is -3.52. The normalized spacial score (nSPS) is 15.6. The molecule has 0 aliphatic carbocycles. The van der Waals surface area contributed by atoms with Gasteiger partial charge in [0.2, 0.25) is 10.0 Å². The van der Waals surface area contributed by atoms with Crippen molar-refractivity contribution in [2.24, 2.45) is 0 Å². The van der Waals surface area contributed by atoms with Crippen LogP contribution in [0.15, 0.2) is 65.8 Å². The maximum atomic E-state index is 12.9. The SMILES string of the molecule is COc1ccc(-n2ccn(CN3CCN(S(=O)(=O)c4ccc(OC)cc4)CC3)c2=S)cc1. The van der Waals surface area contributed by atoms with Gasteiger partial charge in [-0.1, -0.05) is 0 Å². The predicted octanol–water partition coefficient (Wildman–Crippen LogP) is 2.99. The highest BCUT2D eigenvalue weighted by molar-refractivity contribution is 7.89. The summed E-state index contributed by atoms with van der Waals surface area (Å²) in [6.07, 6.45) is 3.89. The molecule has 10 heteroatoms. The Hall–Kier alpha value is -2.66. The maximum Gasteiger partial charge on any atom is 0.243 e. The van der Waals surface area contributed by atoms with E-state index in [1.165, 1.54) is 4.31 Å². The summed E-state index contributed by atoms with van der Waals surface area (Å²) in [6.45, 7) is 2.73. The van der Waals surface area contributed by atoms with Crippen LogP contribution in [-0.2, 0) is 16.7 Å². The van der Waals surface area contributed by atoms with Gasteiger partial charge in [0.25, 0.3) is 0 Å². The third-order valence-corrected chi connectivity index (χ3v) is 7.92. The van der Waals surface area contributed by atoms with Crippen molar-refractivity contribution in [1.82, 2.24) is 18.3 Å². The van der Waals surface area contributed by atoms with Crippen molar-refractivity contribution >= 4 is 22.2 Å². The van der Waals surface area contributed by atoms with Gasteiger partial charge in [-0.2, -0.15) is 4.31 Å². The Balaban J connectivity index is 1.40. The van der Waals surface area contributed by atoms with E-state index in [1.807, 2.05) is 45.8 Å². The van der Waals surface area contributed by atoms with Gasteiger partial charge >= 0.3 is 0 Å². The molecule has 0 radical (unpaired) electrons. The second kappa shape index (κ2) is 9.45. The quantitative estimate of drug-likeness (QED) is 0.491. The zero-order valence-corrected chi connectivity index (χ0v) is 19.7. The largest absolute Gasteiger partial charge is 0.497 e. The van der Waals surface area contributed by atoms with Crippen molar-refractivity contribution in [3.05, 3.63) is 65.7 Å². The molecule has 1 saturated heterocycles. The van der Waals surface area contributed by atoms with Gasteiger partial charge in [0.1, 0.15) is 11.5 Å². The van der Waals surface area contributed by atoms with Crippen molar-refractivity contribution in [2.75, 3.05) is 40.4 Å². The minimum absolute atomic E-state index is 0.283. The second-order valence-electron chi connectivity index (χ2n) is 7.46. The number of hydrogen-bond donors (Lipinski definition) is 0. The summed E-state index contributed by atoms with van der Waals surface area (Å²) in [7, 11) is -0.326. The van der Waals surface area contributed by atoms with Crippen LogP contribution in [-0.4, -0.2) is 67.2 Å². The van der Waals surface area contributed by atoms with E-state index in [0.29, 0.717) is 43.4 Å². The molecule has 0 amide bonds. The first-order valence-corrected chi connectivity index (χ1v) is 12.1. The lowest BCUT2D eigenvalue weighted by atomic mass is 10.3. The van der Waals surface area contributed by atoms with Crippen LogP contribution < -0.4 is 9.47 Å². The number of nitrogens with zero attached hydrogens (tertiary/aromatic N) is 4. The van der Waals surface area contributed by atoms with Gasteiger partial charge in [-0.05, 0) is 60.7 Å². The molecule has 2 heterocycles. The number of methoxy groups -OCH3 is 2. The van der Waals surface area contributed by atoms with E-state index in [9.17, 15) is 8.42 Å². The fourth-order valence-corrected chi connectivity index (χ4v) is 5.39. The van der Waals surface area contributed by atoms with Crippen LogP contribution in [0.2, 0.25) is 0 Å². The third-order valence-electron chi connectivity index (χ3n) is 5.58. The Labute approximate surface area is 193 Å². The maximum absolute atomic E-state index is 12.9. The number of ether oxygens (including phenoxy) is 2. The first-order valence-electron chi connectivity index (χ1n) is 10.2. The van der Waals surface area contributed by atoms with Crippen LogP contribution in [0.1, 0.15) is 0 Å². The zero-order chi connectivity index (χ0) is 22.7. The molecular formula is C22H26N4O4S2. The fraction of sp³-hybridized carbons (Fsp3) is 0.318. The molecule has 0 saturated carbocycles. The van der Waals surface area contributed by atoms with E-state index in [4.69, 9.17) is 21.7 Å². The summed E-state index contributed by atoms with van der Waals surface area (Å²) >= 11 is 5.66. The molecule has 32 heavy (non-hydrogen) atoms. The highest BCUT2D eigenvalue weighted by Gasteiger charge is 2.28. The molecule has 0 unspecified atom stereocenters. The number of piperazine rings is 1. The second-order valence-corrected chi connectivity index (χ2v) is 9.76. The molecule has 0 N–H and O–H groups in total. The smallest absolute Gasteiger partial charge is 0.243 e. The van der Waals surface area contributed by atoms with Crippen molar-refractivity contribution < 1.29 is 17.9 Å². The van der Waals surface area contributed by atoms with Gasteiger partial charge in [0.15, 0.2) is 4.77 Å². The van der Waals surface area contributed by atoms with Crippen LogP contribution in [0.25, 0.3) is 5.69 Å². The lowest BCUT2D eigenvalue weighted by Crippen LogP contribution is -2.48. The lowest BCUT2D eigenvalue weighted by Gasteiger charge is -2.34. The summed E-state index contributed by atoms with van der Waals surface area (Å²) in [5.41, 5.74) is 0.963. The summed E-state index contributed by atoms with van der Waals surface area (Å²) in [4.78, 5) is 2.49. The summed E-state index contributed by atoms with van der Waals surface area (Å²) in [5, 5.41) is 0. The standard InChI is InChI=1S/C22H26N4O4S2/c1-29-19-5-3-18(4-6-19)26-16-13-24(22(26)31)17-23-11-14-25(15-12-23)32(27,28)21-9-7-20(30-2)8-10-21/h3-10,13,16H,11-12,14-15,17H2,1-2H3.